The van der Waals surface area contributed by atoms with Gasteiger partial charge in [0.1, 0.15) is 24.9 Å². The first kappa shape index (κ1) is 19.4. The smallest absolute Gasteiger partial charge is 0.303 e. The summed E-state index contributed by atoms with van der Waals surface area (Å²) in [7, 11) is 0. The molecule has 2 rings (SSSR count). The quantitative estimate of drug-likeness (QED) is 0.778. The summed E-state index contributed by atoms with van der Waals surface area (Å²) >= 11 is 0. The summed E-state index contributed by atoms with van der Waals surface area (Å²) in [5, 5.41) is 5.31. The van der Waals surface area contributed by atoms with E-state index < -0.39 is 18.4 Å². The van der Waals surface area contributed by atoms with Crippen molar-refractivity contribution < 1.29 is 22.7 Å². The number of ether oxygens (including phenoxy) is 1. The van der Waals surface area contributed by atoms with Crippen LogP contribution in [0, 0.1) is 6.92 Å². The van der Waals surface area contributed by atoms with Gasteiger partial charge in [0.05, 0.1) is 11.9 Å². The van der Waals surface area contributed by atoms with E-state index in [9.17, 15) is 18.0 Å². The Morgan fingerprint density at radius 2 is 2.00 bits per heavy atom. The Bertz CT molecular complexity index is 796. The Hall–Kier alpha value is -2.91. The number of hydrogen-bond donors (Lipinski definition) is 2. The van der Waals surface area contributed by atoms with Gasteiger partial charge in [-0.25, -0.2) is 19.3 Å². The molecule has 2 N–H and O–H groups in total. The lowest BCUT2D eigenvalue weighted by Gasteiger charge is -2.15. The van der Waals surface area contributed by atoms with Crippen molar-refractivity contribution in [2.45, 2.75) is 26.7 Å². The predicted octanol–water partition coefficient (Wildman–Crippen LogP) is 3.34. The van der Waals surface area contributed by atoms with Crippen LogP contribution in [-0.2, 0) is 10.7 Å². The molecule has 140 valence electrons. The first-order valence-corrected chi connectivity index (χ1v) is 7.66. The zero-order chi connectivity index (χ0) is 19.3. The number of halogens is 3. The van der Waals surface area contributed by atoms with Crippen molar-refractivity contribution >= 4 is 23.2 Å². The van der Waals surface area contributed by atoms with Gasteiger partial charge in [0.2, 0.25) is 11.7 Å². The van der Waals surface area contributed by atoms with Gasteiger partial charge in [0, 0.05) is 31.7 Å². The third kappa shape index (κ3) is 5.30. The van der Waals surface area contributed by atoms with Gasteiger partial charge in [0.15, 0.2) is 5.75 Å². The molecule has 7 nitrogen and oxygen atoms in total. The van der Waals surface area contributed by atoms with Crippen LogP contribution < -0.4 is 15.4 Å². The molecule has 0 aliphatic heterocycles. The van der Waals surface area contributed by atoms with Crippen LogP contribution >= 0.6 is 0 Å². The van der Waals surface area contributed by atoms with Crippen LogP contribution in [0.3, 0.4) is 0 Å². The lowest BCUT2D eigenvalue weighted by atomic mass is 10.3. The van der Waals surface area contributed by atoms with E-state index in [1.54, 1.807) is 6.92 Å². The van der Waals surface area contributed by atoms with Crippen LogP contribution in [0.1, 0.15) is 25.4 Å². The first-order chi connectivity index (χ1) is 12.2. The molecule has 0 aromatic carbocycles. The summed E-state index contributed by atoms with van der Waals surface area (Å²) in [4.78, 5) is 22.7. The highest BCUT2D eigenvalue weighted by Gasteiger charge is 2.29. The fourth-order valence-corrected chi connectivity index (χ4v) is 2.02. The van der Waals surface area contributed by atoms with Crippen molar-refractivity contribution in [1.29, 1.82) is 0 Å². The fraction of sp³-hybridized carbons (Fsp3) is 0.375. The molecule has 2 aromatic rings. The minimum absolute atomic E-state index is 0.0964. The molecule has 0 fully saturated rings. The standard InChI is InChI=1S/C16H18F3N5O2/c1-9-6-14(24-15(21-9)16(3,18)19)23-11-7-13(22-10(2)25)20-8-12(11)26-5-4-17/h6-8H,4-5H2,1-3H3,(H2,20,21,22,23,24,25). The second-order valence-corrected chi connectivity index (χ2v) is 5.52. The van der Waals surface area contributed by atoms with Crippen molar-refractivity contribution in [2.24, 2.45) is 0 Å². The third-order valence-corrected chi connectivity index (χ3v) is 3.02. The van der Waals surface area contributed by atoms with Crippen LogP contribution in [0.2, 0.25) is 0 Å². The number of nitrogens with zero attached hydrogens (tertiary/aromatic N) is 3. The molecule has 2 heterocycles. The van der Waals surface area contributed by atoms with E-state index in [-0.39, 0.29) is 35.6 Å². The highest BCUT2D eigenvalue weighted by atomic mass is 19.3. The molecule has 2 aromatic heterocycles. The normalized spacial score (nSPS) is 11.2. The maximum atomic E-state index is 13.5. The Balaban J connectivity index is 2.39. The Morgan fingerprint density at radius 3 is 2.62 bits per heavy atom. The van der Waals surface area contributed by atoms with Gasteiger partial charge >= 0.3 is 5.92 Å². The maximum absolute atomic E-state index is 13.5. The topological polar surface area (TPSA) is 89.0 Å². The summed E-state index contributed by atoms with van der Waals surface area (Å²) in [5.74, 6) is -3.71. The molecule has 0 saturated carbocycles. The van der Waals surface area contributed by atoms with Gasteiger partial charge in [0.25, 0.3) is 0 Å². The Morgan fingerprint density at radius 1 is 1.27 bits per heavy atom. The van der Waals surface area contributed by atoms with Crippen molar-refractivity contribution in [3.8, 4) is 5.75 Å². The minimum Gasteiger partial charge on any atom is -0.487 e. The number of carbonyl (C=O) groups is 1. The van der Waals surface area contributed by atoms with Gasteiger partial charge in [-0.15, -0.1) is 0 Å². The van der Waals surface area contributed by atoms with E-state index in [4.69, 9.17) is 4.74 Å². The monoisotopic (exact) mass is 369 g/mol. The zero-order valence-electron chi connectivity index (χ0n) is 14.4. The average Bonchev–Trinajstić information content (AvgIpc) is 2.52. The number of aromatic nitrogens is 3. The van der Waals surface area contributed by atoms with Crippen LogP contribution in [0.15, 0.2) is 18.3 Å². The number of hydrogen-bond acceptors (Lipinski definition) is 6. The van der Waals surface area contributed by atoms with E-state index >= 15 is 0 Å². The zero-order valence-corrected chi connectivity index (χ0v) is 14.4. The second-order valence-electron chi connectivity index (χ2n) is 5.52. The summed E-state index contributed by atoms with van der Waals surface area (Å²) in [6, 6.07) is 2.89. The number of nitrogens with one attached hydrogen (secondary N) is 2. The maximum Gasteiger partial charge on any atom is 0.303 e. The summed E-state index contributed by atoms with van der Waals surface area (Å²) in [6.45, 7) is 2.63. The highest BCUT2D eigenvalue weighted by Crippen LogP contribution is 2.30. The molecule has 0 aliphatic carbocycles. The molecule has 0 saturated heterocycles. The van der Waals surface area contributed by atoms with Gasteiger partial charge in [-0.1, -0.05) is 0 Å². The average molecular weight is 369 g/mol. The molecule has 0 unspecified atom stereocenters. The Labute approximate surface area is 148 Å². The summed E-state index contributed by atoms with van der Waals surface area (Å²) in [6.07, 6.45) is 1.28. The molecule has 0 bridgehead atoms. The number of anilines is 3. The molecule has 1 amide bonds. The van der Waals surface area contributed by atoms with E-state index in [1.165, 1.54) is 25.3 Å². The molecule has 0 spiro atoms. The van der Waals surface area contributed by atoms with E-state index in [0.717, 1.165) is 0 Å². The molecular weight excluding hydrogens is 351 g/mol. The SMILES string of the molecule is CC(=O)Nc1cc(Nc2cc(C)nc(C(C)(F)F)n2)c(OCCF)cn1. The molecule has 0 radical (unpaired) electrons. The summed E-state index contributed by atoms with van der Waals surface area (Å²) in [5.41, 5.74) is 0.613. The molecule has 26 heavy (non-hydrogen) atoms. The van der Waals surface area contributed by atoms with Crippen LogP contribution in [0.25, 0.3) is 0 Å². The predicted molar refractivity (Wildman–Crippen MR) is 89.6 cm³/mol. The number of amides is 1. The third-order valence-electron chi connectivity index (χ3n) is 3.02. The van der Waals surface area contributed by atoms with Crippen LogP contribution in [-0.4, -0.2) is 34.1 Å². The van der Waals surface area contributed by atoms with E-state index in [2.05, 4.69) is 25.6 Å². The van der Waals surface area contributed by atoms with Crippen LogP contribution in [0.5, 0.6) is 5.75 Å². The number of aryl methyl sites for hydroxylation is 1. The van der Waals surface area contributed by atoms with Crippen LogP contribution in [0.4, 0.5) is 30.5 Å². The Kier molecular flexibility index (Phi) is 5.96. The van der Waals surface area contributed by atoms with Gasteiger partial charge in [-0.3, -0.25) is 4.79 Å². The lowest BCUT2D eigenvalue weighted by Crippen LogP contribution is -2.15. The summed E-state index contributed by atoms with van der Waals surface area (Å²) < 4.78 is 44.7. The highest BCUT2D eigenvalue weighted by molar-refractivity contribution is 5.88. The first-order valence-electron chi connectivity index (χ1n) is 7.66. The van der Waals surface area contributed by atoms with Gasteiger partial charge in [-0.2, -0.15) is 8.78 Å². The van der Waals surface area contributed by atoms with Crippen molar-refractivity contribution in [3.63, 3.8) is 0 Å². The largest absolute Gasteiger partial charge is 0.487 e. The number of rotatable bonds is 7. The number of alkyl halides is 3. The molecule has 10 heteroatoms. The fourth-order valence-electron chi connectivity index (χ4n) is 2.02. The number of carbonyl (C=O) groups excluding carboxylic acids is 1. The number of pyridine rings is 1. The van der Waals surface area contributed by atoms with Crippen molar-refractivity contribution in [1.82, 2.24) is 15.0 Å². The van der Waals surface area contributed by atoms with E-state index in [1.807, 2.05) is 0 Å². The molecular formula is C16H18F3N5O2. The lowest BCUT2D eigenvalue weighted by molar-refractivity contribution is -0.114. The van der Waals surface area contributed by atoms with E-state index in [0.29, 0.717) is 12.6 Å². The van der Waals surface area contributed by atoms with Crippen molar-refractivity contribution in [2.75, 3.05) is 23.9 Å². The minimum atomic E-state index is -3.21. The second kappa shape index (κ2) is 7.98. The van der Waals surface area contributed by atoms with Gasteiger partial charge < -0.3 is 15.4 Å². The molecule has 0 aliphatic rings. The molecule has 0 atom stereocenters. The van der Waals surface area contributed by atoms with Gasteiger partial charge in [-0.05, 0) is 6.92 Å². The van der Waals surface area contributed by atoms with Crippen molar-refractivity contribution in [3.05, 3.63) is 29.8 Å².